The number of carbonyl (C=O) groups excluding carboxylic acids is 1. The van der Waals surface area contributed by atoms with Gasteiger partial charge < -0.3 is 11.1 Å². The molecule has 0 radical (unpaired) electrons. The third-order valence-corrected chi connectivity index (χ3v) is 3.25. The standard InChI is InChI=1S/C16H21N3O/c1-3-4-5-6-12-10-15(17)14-9-13(18-11(2)20)7-8-16(14)19-12/h7-10H,3-6H2,1-2H3,(H2,17,19)(H,18,20). The summed E-state index contributed by atoms with van der Waals surface area (Å²) in [4.78, 5) is 15.7. The molecule has 1 aromatic heterocycles. The lowest BCUT2D eigenvalue weighted by Crippen LogP contribution is -2.05. The fourth-order valence-corrected chi connectivity index (χ4v) is 2.27. The number of anilines is 2. The molecule has 0 bridgehead atoms. The molecule has 0 fully saturated rings. The fourth-order valence-electron chi connectivity index (χ4n) is 2.27. The Kier molecular flexibility index (Phi) is 4.56. The minimum absolute atomic E-state index is 0.0907. The van der Waals surface area contributed by atoms with Crippen LogP contribution in [0.15, 0.2) is 24.3 Å². The lowest BCUT2D eigenvalue weighted by molar-refractivity contribution is -0.114. The van der Waals surface area contributed by atoms with E-state index in [0.29, 0.717) is 5.69 Å². The molecule has 0 saturated heterocycles. The van der Waals surface area contributed by atoms with Gasteiger partial charge in [-0.2, -0.15) is 0 Å². The molecule has 1 aromatic carbocycles. The van der Waals surface area contributed by atoms with Crippen LogP contribution in [-0.2, 0) is 11.2 Å². The minimum atomic E-state index is -0.0907. The zero-order valence-electron chi connectivity index (χ0n) is 12.1. The molecule has 1 amide bonds. The van der Waals surface area contributed by atoms with E-state index >= 15 is 0 Å². The Bertz CT molecular complexity index is 622. The Hall–Kier alpha value is -2.10. The van der Waals surface area contributed by atoms with Crippen molar-refractivity contribution >= 4 is 28.2 Å². The number of hydrogen-bond donors (Lipinski definition) is 2. The van der Waals surface area contributed by atoms with Crippen LogP contribution in [0, 0.1) is 0 Å². The molecule has 0 aliphatic carbocycles. The highest BCUT2D eigenvalue weighted by molar-refractivity contribution is 5.96. The highest BCUT2D eigenvalue weighted by atomic mass is 16.1. The Labute approximate surface area is 119 Å². The SMILES string of the molecule is CCCCCc1cc(N)c2cc(NC(C)=O)ccc2n1. The van der Waals surface area contributed by atoms with Gasteiger partial charge in [-0.3, -0.25) is 9.78 Å². The maximum atomic E-state index is 11.1. The number of nitrogen functional groups attached to an aromatic ring is 1. The Morgan fingerprint density at radius 3 is 2.80 bits per heavy atom. The van der Waals surface area contributed by atoms with Crippen molar-refractivity contribution in [2.75, 3.05) is 11.1 Å². The molecule has 4 heteroatoms. The molecule has 20 heavy (non-hydrogen) atoms. The summed E-state index contributed by atoms with van der Waals surface area (Å²) in [7, 11) is 0. The molecule has 0 spiro atoms. The van der Waals surface area contributed by atoms with Crippen LogP contribution in [0.1, 0.15) is 38.8 Å². The maximum absolute atomic E-state index is 11.1. The molecule has 4 nitrogen and oxygen atoms in total. The van der Waals surface area contributed by atoms with Crippen LogP contribution in [0.4, 0.5) is 11.4 Å². The van der Waals surface area contributed by atoms with Crippen molar-refractivity contribution in [1.82, 2.24) is 4.98 Å². The number of pyridine rings is 1. The van der Waals surface area contributed by atoms with Gasteiger partial charge >= 0.3 is 0 Å². The van der Waals surface area contributed by atoms with Gasteiger partial charge in [0.25, 0.3) is 0 Å². The molecule has 0 saturated carbocycles. The number of aryl methyl sites for hydroxylation is 1. The van der Waals surface area contributed by atoms with Crippen LogP contribution >= 0.6 is 0 Å². The lowest BCUT2D eigenvalue weighted by Gasteiger charge is -2.08. The highest BCUT2D eigenvalue weighted by Gasteiger charge is 2.05. The van der Waals surface area contributed by atoms with E-state index in [1.54, 1.807) is 0 Å². The van der Waals surface area contributed by atoms with Gasteiger partial charge in [-0.15, -0.1) is 0 Å². The topological polar surface area (TPSA) is 68.0 Å². The first-order valence-corrected chi connectivity index (χ1v) is 7.07. The number of hydrogen-bond acceptors (Lipinski definition) is 3. The van der Waals surface area contributed by atoms with E-state index in [-0.39, 0.29) is 5.91 Å². The Morgan fingerprint density at radius 1 is 1.30 bits per heavy atom. The molecule has 0 aliphatic heterocycles. The number of aromatic nitrogens is 1. The summed E-state index contributed by atoms with van der Waals surface area (Å²) in [6.07, 6.45) is 4.50. The van der Waals surface area contributed by atoms with E-state index in [2.05, 4.69) is 17.2 Å². The molecule has 0 unspecified atom stereocenters. The van der Waals surface area contributed by atoms with Gasteiger partial charge in [0.15, 0.2) is 0 Å². The van der Waals surface area contributed by atoms with Crippen molar-refractivity contribution < 1.29 is 4.79 Å². The van der Waals surface area contributed by atoms with Crippen molar-refractivity contribution in [3.8, 4) is 0 Å². The van der Waals surface area contributed by atoms with Crippen LogP contribution in [-0.4, -0.2) is 10.9 Å². The summed E-state index contributed by atoms with van der Waals surface area (Å²) in [6, 6.07) is 7.57. The van der Waals surface area contributed by atoms with Gasteiger partial charge in [-0.05, 0) is 37.1 Å². The van der Waals surface area contributed by atoms with Crippen LogP contribution in [0.5, 0.6) is 0 Å². The largest absolute Gasteiger partial charge is 0.398 e. The van der Waals surface area contributed by atoms with E-state index in [1.165, 1.54) is 19.8 Å². The first kappa shape index (κ1) is 14.3. The average Bonchev–Trinajstić information content (AvgIpc) is 2.39. The van der Waals surface area contributed by atoms with Gasteiger partial charge in [-0.25, -0.2) is 0 Å². The number of rotatable bonds is 5. The summed E-state index contributed by atoms with van der Waals surface area (Å²) in [5.41, 5.74) is 9.49. The van der Waals surface area contributed by atoms with Gasteiger partial charge in [0.2, 0.25) is 5.91 Å². The van der Waals surface area contributed by atoms with Gasteiger partial charge in [0.1, 0.15) is 0 Å². The second-order valence-corrected chi connectivity index (χ2v) is 5.07. The number of nitrogens with zero attached hydrogens (tertiary/aromatic N) is 1. The Morgan fingerprint density at radius 2 is 2.10 bits per heavy atom. The molecular weight excluding hydrogens is 250 g/mol. The first-order chi connectivity index (χ1) is 9.60. The summed E-state index contributed by atoms with van der Waals surface area (Å²) in [5, 5.41) is 3.64. The predicted octanol–water partition coefficient (Wildman–Crippen LogP) is 3.51. The van der Waals surface area contributed by atoms with Gasteiger partial charge in [0, 0.05) is 29.4 Å². The third-order valence-electron chi connectivity index (χ3n) is 3.25. The highest BCUT2D eigenvalue weighted by Crippen LogP contribution is 2.24. The third kappa shape index (κ3) is 3.47. The second kappa shape index (κ2) is 6.37. The molecule has 2 rings (SSSR count). The van der Waals surface area contributed by atoms with E-state index in [0.717, 1.165) is 35.1 Å². The number of nitrogens with one attached hydrogen (secondary N) is 1. The number of carbonyl (C=O) groups is 1. The van der Waals surface area contributed by atoms with Crippen molar-refractivity contribution in [2.45, 2.75) is 39.5 Å². The van der Waals surface area contributed by atoms with E-state index in [1.807, 2.05) is 24.3 Å². The second-order valence-electron chi connectivity index (χ2n) is 5.07. The van der Waals surface area contributed by atoms with Crippen molar-refractivity contribution in [3.05, 3.63) is 30.0 Å². The molecule has 2 aromatic rings. The normalized spacial score (nSPS) is 10.7. The number of amides is 1. The van der Waals surface area contributed by atoms with E-state index in [9.17, 15) is 4.79 Å². The first-order valence-electron chi connectivity index (χ1n) is 7.07. The molecule has 106 valence electrons. The smallest absolute Gasteiger partial charge is 0.221 e. The molecule has 3 N–H and O–H groups in total. The van der Waals surface area contributed by atoms with Crippen LogP contribution in [0.3, 0.4) is 0 Å². The number of unbranched alkanes of at least 4 members (excludes halogenated alkanes) is 2. The van der Waals surface area contributed by atoms with Crippen LogP contribution in [0.25, 0.3) is 10.9 Å². The average molecular weight is 271 g/mol. The predicted molar refractivity (Wildman–Crippen MR) is 83.7 cm³/mol. The van der Waals surface area contributed by atoms with Crippen LogP contribution in [0.2, 0.25) is 0 Å². The summed E-state index contributed by atoms with van der Waals surface area (Å²) < 4.78 is 0. The number of nitrogens with two attached hydrogens (primary N) is 1. The van der Waals surface area contributed by atoms with Crippen molar-refractivity contribution in [3.63, 3.8) is 0 Å². The molecule has 0 aliphatic rings. The zero-order valence-corrected chi connectivity index (χ0v) is 12.1. The quantitative estimate of drug-likeness (QED) is 0.818. The lowest BCUT2D eigenvalue weighted by atomic mass is 10.1. The monoisotopic (exact) mass is 271 g/mol. The van der Waals surface area contributed by atoms with E-state index in [4.69, 9.17) is 5.73 Å². The van der Waals surface area contributed by atoms with Crippen molar-refractivity contribution in [2.24, 2.45) is 0 Å². The van der Waals surface area contributed by atoms with E-state index < -0.39 is 0 Å². The van der Waals surface area contributed by atoms with Crippen molar-refractivity contribution in [1.29, 1.82) is 0 Å². The van der Waals surface area contributed by atoms with Gasteiger partial charge in [0.05, 0.1) is 5.52 Å². The molecule has 1 heterocycles. The summed E-state index contributed by atoms with van der Waals surface area (Å²) in [5.74, 6) is -0.0907. The fraction of sp³-hybridized carbons (Fsp3) is 0.375. The zero-order chi connectivity index (χ0) is 14.5. The number of fused-ring (bicyclic) bond motifs is 1. The summed E-state index contributed by atoms with van der Waals surface area (Å²) in [6.45, 7) is 3.67. The Balaban J connectivity index is 2.29. The van der Waals surface area contributed by atoms with Gasteiger partial charge in [-0.1, -0.05) is 19.8 Å². The summed E-state index contributed by atoms with van der Waals surface area (Å²) >= 11 is 0. The minimum Gasteiger partial charge on any atom is -0.398 e. The maximum Gasteiger partial charge on any atom is 0.221 e. The molecule has 0 atom stereocenters. The number of benzene rings is 1. The molecular formula is C16H21N3O. The van der Waals surface area contributed by atoms with Crippen LogP contribution < -0.4 is 11.1 Å².